The summed E-state index contributed by atoms with van der Waals surface area (Å²) in [6.07, 6.45) is 0.732. The van der Waals surface area contributed by atoms with Crippen LogP contribution in [0, 0.1) is 13.8 Å². The molecule has 2 rings (SSSR count). The van der Waals surface area contributed by atoms with Gasteiger partial charge in [0.05, 0.1) is 6.61 Å². The van der Waals surface area contributed by atoms with Crippen molar-refractivity contribution in [1.82, 2.24) is 5.32 Å². The number of amides is 2. The van der Waals surface area contributed by atoms with Crippen LogP contribution in [0.25, 0.3) is 0 Å². The third-order valence-corrected chi connectivity index (χ3v) is 3.64. The molecule has 0 aliphatic carbocycles. The van der Waals surface area contributed by atoms with Crippen LogP contribution in [0.4, 0.5) is 10.5 Å². The van der Waals surface area contributed by atoms with Crippen LogP contribution in [0.5, 0.6) is 5.75 Å². The van der Waals surface area contributed by atoms with E-state index in [1.807, 2.05) is 44.2 Å². The summed E-state index contributed by atoms with van der Waals surface area (Å²) in [4.78, 5) is 11.9. The number of aryl methyl sites for hydroxylation is 2. The van der Waals surface area contributed by atoms with Gasteiger partial charge in [0.2, 0.25) is 0 Å². The van der Waals surface area contributed by atoms with Crippen molar-refractivity contribution in [3.63, 3.8) is 0 Å². The van der Waals surface area contributed by atoms with E-state index in [1.165, 1.54) is 0 Å². The summed E-state index contributed by atoms with van der Waals surface area (Å²) in [5, 5.41) is 6.19. The molecule has 0 aliphatic heterocycles. The van der Waals surface area contributed by atoms with Crippen LogP contribution in [-0.2, 0) is 0 Å². The Bertz CT molecular complexity index is 674. The first-order valence-electron chi connectivity index (χ1n) is 7.55. The lowest BCUT2D eigenvalue weighted by molar-refractivity contribution is 0.250. The van der Waals surface area contributed by atoms with Crippen LogP contribution in [0.1, 0.15) is 17.5 Å². The molecule has 0 aromatic heterocycles. The van der Waals surface area contributed by atoms with Crippen molar-refractivity contribution in [2.24, 2.45) is 0 Å². The Morgan fingerprint density at radius 3 is 2.70 bits per heavy atom. The van der Waals surface area contributed by atoms with Gasteiger partial charge in [-0.25, -0.2) is 4.79 Å². The van der Waals surface area contributed by atoms with Gasteiger partial charge >= 0.3 is 6.03 Å². The highest BCUT2D eigenvalue weighted by Crippen LogP contribution is 2.20. The third-order valence-electron chi connectivity index (χ3n) is 3.41. The van der Waals surface area contributed by atoms with Gasteiger partial charge < -0.3 is 15.4 Å². The molecule has 0 atom stereocenters. The first kappa shape index (κ1) is 17.2. The van der Waals surface area contributed by atoms with Gasteiger partial charge in [-0.3, -0.25) is 0 Å². The zero-order chi connectivity index (χ0) is 16.7. The van der Waals surface area contributed by atoms with Crippen LogP contribution in [0.15, 0.2) is 42.5 Å². The van der Waals surface area contributed by atoms with Gasteiger partial charge in [-0.1, -0.05) is 35.9 Å². The van der Waals surface area contributed by atoms with Crippen LogP contribution in [0.3, 0.4) is 0 Å². The number of nitrogens with one attached hydrogen (secondary N) is 2. The lowest BCUT2D eigenvalue weighted by Crippen LogP contribution is -2.30. The van der Waals surface area contributed by atoms with Crippen molar-refractivity contribution < 1.29 is 9.53 Å². The summed E-state index contributed by atoms with van der Waals surface area (Å²) in [5.41, 5.74) is 2.79. The highest BCUT2D eigenvalue weighted by atomic mass is 35.5. The van der Waals surface area contributed by atoms with E-state index < -0.39 is 0 Å². The fourth-order valence-electron chi connectivity index (χ4n) is 2.07. The van der Waals surface area contributed by atoms with E-state index in [-0.39, 0.29) is 6.03 Å². The zero-order valence-corrected chi connectivity index (χ0v) is 14.1. The van der Waals surface area contributed by atoms with E-state index >= 15 is 0 Å². The molecule has 0 saturated heterocycles. The number of halogens is 1. The molecule has 0 fully saturated rings. The minimum atomic E-state index is -0.244. The Balaban J connectivity index is 1.69. The minimum Gasteiger partial charge on any atom is -0.493 e. The molecule has 0 heterocycles. The van der Waals surface area contributed by atoms with Gasteiger partial charge in [0.25, 0.3) is 0 Å². The summed E-state index contributed by atoms with van der Waals surface area (Å²) in [6.45, 7) is 5.02. The number of carbonyl (C=O) groups is 1. The molecule has 23 heavy (non-hydrogen) atoms. The Morgan fingerprint density at radius 2 is 1.91 bits per heavy atom. The van der Waals surface area contributed by atoms with Crippen LogP contribution >= 0.6 is 11.6 Å². The zero-order valence-electron chi connectivity index (χ0n) is 13.4. The normalized spacial score (nSPS) is 10.2. The molecule has 0 bridgehead atoms. The number of benzene rings is 2. The molecule has 2 N–H and O–H groups in total. The van der Waals surface area contributed by atoms with Crippen molar-refractivity contribution in [3.8, 4) is 5.75 Å². The second-order valence-electron chi connectivity index (χ2n) is 5.31. The molecule has 0 saturated carbocycles. The molecule has 122 valence electrons. The monoisotopic (exact) mass is 332 g/mol. The largest absolute Gasteiger partial charge is 0.493 e. The number of carbonyl (C=O) groups excluding carboxylic acids is 1. The summed E-state index contributed by atoms with van der Waals surface area (Å²) >= 11 is 5.93. The summed E-state index contributed by atoms with van der Waals surface area (Å²) in [6, 6.07) is 13.0. The molecule has 0 aliphatic rings. The van der Waals surface area contributed by atoms with Gasteiger partial charge in [-0.2, -0.15) is 0 Å². The van der Waals surface area contributed by atoms with Crippen molar-refractivity contribution in [3.05, 3.63) is 58.6 Å². The second kappa shape index (κ2) is 8.44. The van der Waals surface area contributed by atoms with Crippen molar-refractivity contribution in [2.75, 3.05) is 18.5 Å². The number of urea groups is 1. The number of ether oxygens (including phenoxy) is 1. The maximum Gasteiger partial charge on any atom is 0.319 e. The molecule has 5 heteroatoms. The van der Waals surface area contributed by atoms with E-state index in [4.69, 9.17) is 16.3 Å². The smallest absolute Gasteiger partial charge is 0.319 e. The van der Waals surface area contributed by atoms with Crippen LogP contribution in [-0.4, -0.2) is 19.2 Å². The van der Waals surface area contributed by atoms with Crippen LogP contribution < -0.4 is 15.4 Å². The minimum absolute atomic E-state index is 0.244. The number of anilines is 1. The topological polar surface area (TPSA) is 50.4 Å². The van der Waals surface area contributed by atoms with Crippen LogP contribution in [0.2, 0.25) is 5.02 Å². The molecule has 0 radical (unpaired) electrons. The predicted octanol–water partition coefficient (Wildman–Crippen LogP) is 4.55. The molecule has 2 aromatic carbocycles. The average Bonchev–Trinajstić information content (AvgIpc) is 2.52. The van der Waals surface area contributed by atoms with E-state index in [1.54, 1.807) is 12.1 Å². The molecule has 2 aromatic rings. The fourth-order valence-corrected chi connectivity index (χ4v) is 2.24. The van der Waals surface area contributed by atoms with E-state index in [9.17, 15) is 4.79 Å². The van der Waals surface area contributed by atoms with E-state index in [0.717, 1.165) is 23.3 Å². The highest BCUT2D eigenvalue weighted by Gasteiger charge is 2.05. The van der Waals surface area contributed by atoms with Gasteiger partial charge in [0.1, 0.15) is 5.75 Å². The summed E-state index contributed by atoms with van der Waals surface area (Å²) in [7, 11) is 0. The lowest BCUT2D eigenvalue weighted by atomic mass is 10.2. The maximum absolute atomic E-state index is 11.9. The van der Waals surface area contributed by atoms with Crippen molar-refractivity contribution in [1.29, 1.82) is 0 Å². The standard InChI is InChI=1S/C18H21ClN2O2/c1-13-8-9-15(19)12-16(13)21-18(22)20-10-5-11-23-17-7-4-3-6-14(17)2/h3-4,6-9,12H,5,10-11H2,1-2H3,(H2,20,21,22). The van der Waals surface area contributed by atoms with Gasteiger partial charge in [0.15, 0.2) is 0 Å². The number of para-hydroxylation sites is 1. The predicted molar refractivity (Wildman–Crippen MR) is 94.5 cm³/mol. The molecular weight excluding hydrogens is 312 g/mol. The number of hydrogen-bond donors (Lipinski definition) is 2. The summed E-state index contributed by atoms with van der Waals surface area (Å²) < 4.78 is 5.68. The molecule has 4 nitrogen and oxygen atoms in total. The summed E-state index contributed by atoms with van der Waals surface area (Å²) in [5.74, 6) is 0.881. The van der Waals surface area contributed by atoms with Crippen molar-refractivity contribution >= 4 is 23.3 Å². The Morgan fingerprint density at radius 1 is 1.13 bits per heavy atom. The van der Waals surface area contributed by atoms with Gasteiger partial charge in [-0.15, -0.1) is 0 Å². The first-order valence-corrected chi connectivity index (χ1v) is 7.93. The Kier molecular flexibility index (Phi) is 6.29. The highest BCUT2D eigenvalue weighted by molar-refractivity contribution is 6.31. The van der Waals surface area contributed by atoms with E-state index in [0.29, 0.717) is 23.9 Å². The molecule has 0 unspecified atom stereocenters. The molecular formula is C18H21ClN2O2. The molecule has 0 spiro atoms. The number of rotatable bonds is 6. The second-order valence-corrected chi connectivity index (χ2v) is 5.74. The number of hydrogen-bond acceptors (Lipinski definition) is 2. The molecule has 2 amide bonds. The Hall–Kier alpha value is -2.20. The SMILES string of the molecule is Cc1ccc(Cl)cc1NC(=O)NCCCOc1ccccc1C. The Labute approximate surface area is 141 Å². The average molecular weight is 333 g/mol. The van der Waals surface area contributed by atoms with Gasteiger partial charge in [0, 0.05) is 17.3 Å². The van der Waals surface area contributed by atoms with Gasteiger partial charge in [-0.05, 0) is 49.6 Å². The maximum atomic E-state index is 11.9. The third kappa shape index (κ3) is 5.49. The lowest BCUT2D eigenvalue weighted by Gasteiger charge is -2.11. The quantitative estimate of drug-likeness (QED) is 0.762. The first-order chi connectivity index (χ1) is 11.1. The van der Waals surface area contributed by atoms with E-state index in [2.05, 4.69) is 10.6 Å². The fraction of sp³-hybridized carbons (Fsp3) is 0.278. The van der Waals surface area contributed by atoms with Crippen molar-refractivity contribution in [2.45, 2.75) is 20.3 Å².